The molecule has 1 fully saturated rings. The van der Waals surface area contributed by atoms with E-state index >= 15 is 0 Å². The fraction of sp³-hybridized carbons (Fsp3) is 0.588. The van der Waals surface area contributed by atoms with Crippen molar-refractivity contribution in [3.05, 3.63) is 29.8 Å². The van der Waals surface area contributed by atoms with Crippen LogP contribution >= 0.6 is 0 Å². The van der Waals surface area contributed by atoms with E-state index in [1.807, 2.05) is 36.1 Å². The van der Waals surface area contributed by atoms with Gasteiger partial charge in [0.2, 0.25) is 0 Å². The summed E-state index contributed by atoms with van der Waals surface area (Å²) in [4.78, 5) is 14.3. The van der Waals surface area contributed by atoms with E-state index in [1.54, 1.807) is 0 Å². The molecule has 0 unspecified atom stereocenters. The van der Waals surface area contributed by atoms with Gasteiger partial charge < -0.3 is 15.4 Å². The van der Waals surface area contributed by atoms with E-state index in [0.717, 1.165) is 30.7 Å². The molecule has 0 atom stereocenters. The summed E-state index contributed by atoms with van der Waals surface area (Å²) < 4.78 is 5.61. The van der Waals surface area contributed by atoms with Crippen molar-refractivity contribution in [3.8, 4) is 5.75 Å². The average molecular weight is 290 g/mol. The van der Waals surface area contributed by atoms with Crippen LogP contribution in [0.3, 0.4) is 0 Å². The van der Waals surface area contributed by atoms with E-state index in [4.69, 9.17) is 10.5 Å². The minimum atomic E-state index is 0.0901. The highest BCUT2D eigenvalue weighted by Crippen LogP contribution is 2.22. The molecule has 0 bridgehead atoms. The maximum Gasteiger partial charge on any atom is 0.260 e. The van der Waals surface area contributed by atoms with E-state index in [-0.39, 0.29) is 12.5 Å². The van der Waals surface area contributed by atoms with Crippen LogP contribution in [0.5, 0.6) is 5.75 Å². The summed E-state index contributed by atoms with van der Waals surface area (Å²) in [5.41, 5.74) is 6.62. The van der Waals surface area contributed by atoms with Crippen molar-refractivity contribution in [2.45, 2.75) is 51.6 Å². The predicted octanol–water partition coefficient (Wildman–Crippen LogP) is 2.71. The Labute approximate surface area is 127 Å². The Morgan fingerprint density at radius 3 is 2.48 bits per heavy atom. The maximum absolute atomic E-state index is 12.4. The Morgan fingerprint density at radius 2 is 1.90 bits per heavy atom. The topological polar surface area (TPSA) is 55.6 Å². The lowest BCUT2D eigenvalue weighted by atomic mass is 9.94. The van der Waals surface area contributed by atoms with Crippen molar-refractivity contribution in [2.24, 2.45) is 5.73 Å². The van der Waals surface area contributed by atoms with Crippen molar-refractivity contribution in [3.63, 3.8) is 0 Å². The number of nitrogens with zero attached hydrogens (tertiary/aromatic N) is 1. The number of carbonyl (C=O) groups excluding carboxylic acids is 1. The van der Waals surface area contributed by atoms with Crippen LogP contribution < -0.4 is 10.5 Å². The number of likely N-dealkylation sites (N-methyl/N-ethyl adjacent to an activating group) is 1. The minimum Gasteiger partial charge on any atom is -0.484 e. The minimum absolute atomic E-state index is 0.0901. The van der Waals surface area contributed by atoms with Crippen LogP contribution in [-0.2, 0) is 11.3 Å². The Kier molecular flexibility index (Phi) is 6.05. The summed E-state index contributed by atoms with van der Waals surface area (Å²) in [6.07, 6.45) is 6.02. The van der Waals surface area contributed by atoms with Crippen molar-refractivity contribution in [2.75, 3.05) is 13.2 Å². The maximum atomic E-state index is 12.4. The highest BCUT2D eigenvalue weighted by Gasteiger charge is 2.24. The predicted molar refractivity (Wildman–Crippen MR) is 84.1 cm³/mol. The summed E-state index contributed by atoms with van der Waals surface area (Å²) in [6.45, 7) is 3.44. The fourth-order valence-electron chi connectivity index (χ4n) is 2.98. The molecule has 2 rings (SSSR count). The molecule has 1 aromatic carbocycles. The molecule has 0 saturated heterocycles. The van der Waals surface area contributed by atoms with Gasteiger partial charge in [0, 0.05) is 19.1 Å². The summed E-state index contributed by atoms with van der Waals surface area (Å²) in [6, 6.07) is 8.00. The third kappa shape index (κ3) is 4.46. The largest absolute Gasteiger partial charge is 0.484 e. The lowest BCUT2D eigenvalue weighted by Gasteiger charge is -2.33. The van der Waals surface area contributed by atoms with Gasteiger partial charge in [-0.25, -0.2) is 0 Å². The van der Waals surface area contributed by atoms with Gasteiger partial charge in [-0.15, -0.1) is 0 Å². The number of carbonyl (C=O) groups is 1. The quantitative estimate of drug-likeness (QED) is 0.876. The lowest BCUT2D eigenvalue weighted by molar-refractivity contribution is -0.136. The molecule has 1 amide bonds. The molecular weight excluding hydrogens is 264 g/mol. The Hall–Kier alpha value is -1.55. The summed E-state index contributed by atoms with van der Waals surface area (Å²) in [5.74, 6) is 0.813. The Bertz CT molecular complexity index is 439. The molecule has 0 radical (unpaired) electrons. The smallest absolute Gasteiger partial charge is 0.260 e. The van der Waals surface area contributed by atoms with Crippen molar-refractivity contribution < 1.29 is 9.53 Å². The monoisotopic (exact) mass is 290 g/mol. The van der Waals surface area contributed by atoms with Gasteiger partial charge in [-0.3, -0.25) is 4.79 Å². The molecular formula is C17H26N2O2. The van der Waals surface area contributed by atoms with Gasteiger partial charge in [0.25, 0.3) is 5.91 Å². The molecule has 0 spiro atoms. The molecule has 0 heterocycles. The molecule has 116 valence electrons. The standard InChI is InChI=1S/C17H26N2O2/c1-2-19(15-6-4-3-5-7-15)17(20)13-21-16-10-8-14(12-18)9-11-16/h8-11,15H,2-7,12-13,18H2,1H3. The molecule has 1 aliphatic carbocycles. The first-order chi connectivity index (χ1) is 10.2. The number of ether oxygens (including phenoxy) is 1. The molecule has 21 heavy (non-hydrogen) atoms. The van der Waals surface area contributed by atoms with Crippen LogP contribution in [0, 0.1) is 0 Å². The molecule has 1 aromatic rings. The first-order valence-corrected chi connectivity index (χ1v) is 7.96. The third-order valence-electron chi connectivity index (χ3n) is 4.20. The van der Waals surface area contributed by atoms with Gasteiger partial charge in [0.15, 0.2) is 6.61 Å². The lowest BCUT2D eigenvalue weighted by Crippen LogP contribution is -2.43. The third-order valence-corrected chi connectivity index (χ3v) is 4.20. The van der Waals surface area contributed by atoms with E-state index in [9.17, 15) is 4.79 Å². The zero-order valence-corrected chi connectivity index (χ0v) is 12.9. The SMILES string of the molecule is CCN(C(=O)COc1ccc(CN)cc1)C1CCCCC1. The fourth-order valence-corrected chi connectivity index (χ4v) is 2.98. The van der Waals surface area contributed by atoms with Crippen molar-refractivity contribution in [1.82, 2.24) is 4.90 Å². The molecule has 4 nitrogen and oxygen atoms in total. The molecule has 4 heteroatoms. The Balaban J connectivity index is 1.86. The molecule has 0 aliphatic heterocycles. The number of nitrogens with two attached hydrogens (primary N) is 1. The van der Waals surface area contributed by atoms with Crippen LogP contribution in [0.1, 0.15) is 44.6 Å². The number of hydrogen-bond donors (Lipinski definition) is 1. The van der Waals surface area contributed by atoms with Crippen LogP contribution in [-0.4, -0.2) is 30.0 Å². The first-order valence-electron chi connectivity index (χ1n) is 7.96. The van der Waals surface area contributed by atoms with Gasteiger partial charge in [0.1, 0.15) is 5.75 Å². The summed E-state index contributed by atoms with van der Waals surface area (Å²) >= 11 is 0. The van der Waals surface area contributed by atoms with Crippen LogP contribution in [0.4, 0.5) is 0 Å². The second kappa shape index (κ2) is 8.03. The number of rotatable bonds is 6. The van der Waals surface area contributed by atoms with Crippen LogP contribution in [0.15, 0.2) is 24.3 Å². The second-order valence-electron chi connectivity index (χ2n) is 5.61. The Morgan fingerprint density at radius 1 is 1.24 bits per heavy atom. The molecule has 2 N–H and O–H groups in total. The summed E-state index contributed by atoms with van der Waals surface area (Å²) in [7, 11) is 0. The van der Waals surface area contributed by atoms with Crippen LogP contribution in [0.25, 0.3) is 0 Å². The van der Waals surface area contributed by atoms with Gasteiger partial charge in [-0.1, -0.05) is 31.4 Å². The zero-order chi connectivity index (χ0) is 15.1. The first kappa shape index (κ1) is 15.8. The summed E-state index contributed by atoms with van der Waals surface area (Å²) in [5, 5.41) is 0. The van der Waals surface area contributed by atoms with E-state index < -0.39 is 0 Å². The molecule has 1 saturated carbocycles. The van der Waals surface area contributed by atoms with Gasteiger partial charge >= 0.3 is 0 Å². The zero-order valence-electron chi connectivity index (χ0n) is 12.9. The van der Waals surface area contributed by atoms with Crippen LogP contribution in [0.2, 0.25) is 0 Å². The average Bonchev–Trinajstić information content (AvgIpc) is 2.55. The number of hydrogen-bond acceptors (Lipinski definition) is 3. The highest BCUT2D eigenvalue weighted by atomic mass is 16.5. The van der Waals surface area contributed by atoms with Crippen molar-refractivity contribution >= 4 is 5.91 Å². The van der Waals surface area contributed by atoms with E-state index in [0.29, 0.717) is 12.6 Å². The van der Waals surface area contributed by atoms with Crippen molar-refractivity contribution in [1.29, 1.82) is 0 Å². The van der Waals surface area contributed by atoms with E-state index in [2.05, 4.69) is 0 Å². The van der Waals surface area contributed by atoms with Gasteiger partial charge in [-0.2, -0.15) is 0 Å². The number of benzene rings is 1. The molecule has 0 aromatic heterocycles. The molecule has 1 aliphatic rings. The normalized spacial score (nSPS) is 15.7. The van der Waals surface area contributed by atoms with E-state index in [1.165, 1.54) is 19.3 Å². The van der Waals surface area contributed by atoms with Gasteiger partial charge in [-0.05, 0) is 37.5 Å². The number of amides is 1. The van der Waals surface area contributed by atoms with Gasteiger partial charge in [0.05, 0.1) is 0 Å². The highest BCUT2D eigenvalue weighted by molar-refractivity contribution is 5.78. The second-order valence-corrected chi connectivity index (χ2v) is 5.61.